The Labute approximate surface area is 130 Å². The number of hydrogen-bond donors (Lipinski definition) is 1. The summed E-state index contributed by atoms with van der Waals surface area (Å²) in [4.78, 5) is 14.5. The average molecular weight is 348 g/mol. The van der Waals surface area contributed by atoms with E-state index in [0.29, 0.717) is 10.3 Å². The van der Waals surface area contributed by atoms with Crippen molar-refractivity contribution in [3.05, 3.63) is 62.2 Å². The van der Waals surface area contributed by atoms with Crippen molar-refractivity contribution in [2.45, 2.75) is 25.3 Å². The second-order valence-corrected chi connectivity index (χ2v) is 5.92. The molecule has 0 unspecified atom stereocenters. The van der Waals surface area contributed by atoms with E-state index < -0.39 is 4.92 Å². The number of fused-ring (bicyclic) bond motifs is 1. The second kappa shape index (κ2) is 5.81. The molecule has 0 saturated heterocycles. The number of hydrogen-bond acceptors (Lipinski definition) is 4. The van der Waals surface area contributed by atoms with E-state index in [1.54, 1.807) is 0 Å². The van der Waals surface area contributed by atoms with Crippen LogP contribution in [0.25, 0.3) is 0 Å². The summed E-state index contributed by atoms with van der Waals surface area (Å²) < 4.78 is 0.611. The minimum absolute atomic E-state index is 0.0172. The Kier molecular flexibility index (Phi) is 3.88. The molecule has 3 rings (SSSR count). The van der Waals surface area contributed by atoms with E-state index in [9.17, 15) is 10.1 Å². The second-order valence-electron chi connectivity index (χ2n) is 5.07. The van der Waals surface area contributed by atoms with Crippen LogP contribution in [0, 0.1) is 10.1 Å². The Balaban J connectivity index is 1.86. The largest absolute Gasteiger partial charge is 0.362 e. The number of benzene rings is 1. The monoisotopic (exact) mass is 347 g/mol. The molecule has 108 valence electrons. The van der Waals surface area contributed by atoms with Crippen molar-refractivity contribution in [3.63, 3.8) is 0 Å². The predicted molar refractivity (Wildman–Crippen MR) is 84.3 cm³/mol. The molecule has 21 heavy (non-hydrogen) atoms. The summed E-state index contributed by atoms with van der Waals surface area (Å²) in [7, 11) is 0. The number of halogens is 1. The van der Waals surface area contributed by atoms with Crippen LogP contribution in [-0.2, 0) is 6.42 Å². The Morgan fingerprint density at radius 3 is 2.95 bits per heavy atom. The van der Waals surface area contributed by atoms with Gasteiger partial charge in [-0.15, -0.1) is 0 Å². The lowest BCUT2D eigenvalue weighted by Crippen LogP contribution is -2.18. The minimum atomic E-state index is -0.447. The first-order valence-electron chi connectivity index (χ1n) is 6.79. The number of aromatic nitrogens is 1. The first-order chi connectivity index (χ1) is 10.1. The SMILES string of the molecule is O=[N+]([O-])c1cnc(N[C@@H]2CCCc3ccccc32)c(Br)c1. The number of nitrogens with zero attached hydrogens (tertiary/aromatic N) is 2. The number of aryl methyl sites for hydroxylation is 1. The van der Waals surface area contributed by atoms with Crippen LogP contribution in [0.15, 0.2) is 41.0 Å². The zero-order valence-electron chi connectivity index (χ0n) is 11.3. The molecule has 0 aliphatic heterocycles. The maximum atomic E-state index is 10.7. The van der Waals surface area contributed by atoms with Crippen molar-refractivity contribution in [1.82, 2.24) is 4.98 Å². The first kappa shape index (κ1) is 14.0. The molecule has 1 aliphatic carbocycles. The molecule has 5 nitrogen and oxygen atoms in total. The molecule has 0 bridgehead atoms. The highest BCUT2D eigenvalue weighted by molar-refractivity contribution is 9.10. The quantitative estimate of drug-likeness (QED) is 0.665. The van der Waals surface area contributed by atoms with E-state index in [-0.39, 0.29) is 11.7 Å². The van der Waals surface area contributed by atoms with Gasteiger partial charge in [0.05, 0.1) is 15.4 Å². The van der Waals surface area contributed by atoms with Gasteiger partial charge in [-0.25, -0.2) is 4.98 Å². The number of anilines is 1. The third-order valence-electron chi connectivity index (χ3n) is 3.72. The normalized spacial score (nSPS) is 17.1. The van der Waals surface area contributed by atoms with Crippen LogP contribution in [-0.4, -0.2) is 9.91 Å². The molecule has 1 aromatic carbocycles. The van der Waals surface area contributed by atoms with Crippen LogP contribution in [0.2, 0.25) is 0 Å². The van der Waals surface area contributed by atoms with Crippen LogP contribution in [0.1, 0.15) is 30.0 Å². The van der Waals surface area contributed by atoms with Gasteiger partial charge in [0.15, 0.2) is 0 Å². The number of rotatable bonds is 3. The van der Waals surface area contributed by atoms with Gasteiger partial charge in [0.1, 0.15) is 12.0 Å². The lowest BCUT2D eigenvalue weighted by molar-refractivity contribution is -0.385. The molecule has 0 saturated carbocycles. The van der Waals surface area contributed by atoms with Crippen molar-refractivity contribution in [2.75, 3.05) is 5.32 Å². The lowest BCUT2D eigenvalue weighted by Gasteiger charge is -2.27. The summed E-state index contributed by atoms with van der Waals surface area (Å²) >= 11 is 3.35. The average Bonchev–Trinajstić information content (AvgIpc) is 2.49. The van der Waals surface area contributed by atoms with Gasteiger partial charge in [0, 0.05) is 6.07 Å². The van der Waals surface area contributed by atoms with E-state index in [1.165, 1.54) is 23.4 Å². The zero-order valence-corrected chi connectivity index (χ0v) is 12.8. The molecule has 2 aromatic rings. The fourth-order valence-electron chi connectivity index (χ4n) is 2.70. The van der Waals surface area contributed by atoms with Gasteiger partial charge < -0.3 is 5.32 Å². The molecule has 1 N–H and O–H groups in total. The van der Waals surface area contributed by atoms with Gasteiger partial charge in [-0.3, -0.25) is 10.1 Å². The van der Waals surface area contributed by atoms with Crippen molar-refractivity contribution < 1.29 is 4.92 Å². The van der Waals surface area contributed by atoms with Crippen LogP contribution < -0.4 is 5.32 Å². The number of nitrogens with one attached hydrogen (secondary N) is 1. The Morgan fingerprint density at radius 1 is 1.38 bits per heavy atom. The summed E-state index contributed by atoms with van der Waals surface area (Å²) in [5.41, 5.74) is 2.63. The summed E-state index contributed by atoms with van der Waals surface area (Å²) in [5, 5.41) is 14.1. The van der Waals surface area contributed by atoms with Gasteiger partial charge >= 0.3 is 0 Å². The van der Waals surface area contributed by atoms with Crippen LogP contribution in [0.3, 0.4) is 0 Å². The third-order valence-corrected chi connectivity index (χ3v) is 4.32. The van der Waals surface area contributed by atoms with Crippen molar-refractivity contribution in [3.8, 4) is 0 Å². The Hall–Kier alpha value is -1.95. The van der Waals surface area contributed by atoms with E-state index >= 15 is 0 Å². The van der Waals surface area contributed by atoms with Crippen LogP contribution >= 0.6 is 15.9 Å². The zero-order chi connectivity index (χ0) is 14.8. The molecule has 0 fully saturated rings. The van der Waals surface area contributed by atoms with Gasteiger partial charge in [0.2, 0.25) is 0 Å². The Bertz CT molecular complexity index is 690. The lowest BCUT2D eigenvalue weighted by atomic mass is 9.88. The maximum Gasteiger partial charge on any atom is 0.288 e. The molecule has 6 heteroatoms. The third kappa shape index (κ3) is 2.90. The van der Waals surface area contributed by atoms with E-state index in [1.807, 2.05) is 6.07 Å². The van der Waals surface area contributed by atoms with Crippen molar-refractivity contribution in [2.24, 2.45) is 0 Å². The van der Waals surface area contributed by atoms with Crippen LogP contribution in [0.4, 0.5) is 11.5 Å². The topological polar surface area (TPSA) is 68.1 Å². The van der Waals surface area contributed by atoms with Gasteiger partial charge in [0.25, 0.3) is 5.69 Å². The summed E-state index contributed by atoms with van der Waals surface area (Å²) in [6, 6.07) is 10.1. The molecule has 0 amide bonds. The molecule has 1 aromatic heterocycles. The van der Waals surface area contributed by atoms with E-state index in [4.69, 9.17) is 0 Å². The summed E-state index contributed by atoms with van der Waals surface area (Å²) in [5.74, 6) is 0.641. The highest BCUT2D eigenvalue weighted by Gasteiger charge is 2.21. The fourth-order valence-corrected chi connectivity index (χ4v) is 3.15. The van der Waals surface area contributed by atoms with Crippen molar-refractivity contribution in [1.29, 1.82) is 0 Å². The van der Waals surface area contributed by atoms with Gasteiger partial charge in [-0.1, -0.05) is 24.3 Å². The summed E-state index contributed by atoms with van der Waals surface area (Å²) in [6.07, 6.45) is 4.53. The van der Waals surface area contributed by atoms with Gasteiger partial charge in [-0.05, 0) is 46.3 Å². The molecule has 1 atom stereocenters. The number of pyridine rings is 1. The highest BCUT2D eigenvalue weighted by atomic mass is 79.9. The standard InChI is InChI=1S/C15H14BrN3O2/c16-13-8-11(19(20)21)9-17-15(13)18-14-7-3-5-10-4-1-2-6-12(10)14/h1-2,4,6,8-9,14H,3,5,7H2,(H,17,18)/t14-/m1/s1. The molecule has 0 radical (unpaired) electrons. The number of nitro groups is 1. The smallest absolute Gasteiger partial charge is 0.288 e. The van der Waals surface area contributed by atoms with E-state index in [2.05, 4.69) is 44.4 Å². The minimum Gasteiger partial charge on any atom is -0.362 e. The first-order valence-corrected chi connectivity index (χ1v) is 7.59. The van der Waals surface area contributed by atoms with Crippen LogP contribution in [0.5, 0.6) is 0 Å². The van der Waals surface area contributed by atoms with E-state index in [0.717, 1.165) is 19.3 Å². The molecule has 1 heterocycles. The van der Waals surface area contributed by atoms with Crippen molar-refractivity contribution >= 4 is 27.4 Å². The summed E-state index contributed by atoms with van der Waals surface area (Å²) in [6.45, 7) is 0. The predicted octanol–water partition coefficient (Wildman–Crippen LogP) is 4.24. The molecule has 0 spiro atoms. The fraction of sp³-hybridized carbons (Fsp3) is 0.267. The highest BCUT2D eigenvalue weighted by Crippen LogP contribution is 2.34. The maximum absolute atomic E-state index is 10.7. The molecular formula is C15H14BrN3O2. The Morgan fingerprint density at radius 2 is 2.19 bits per heavy atom. The molecular weight excluding hydrogens is 334 g/mol. The van der Waals surface area contributed by atoms with Gasteiger partial charge in [-0.2, -0.15) is 0 Å². The molecule has 1 aliphatic rings.